The van der Waals surface area contributed by atoms with E-state index in [4.69, 9.17) is 4.74 Å². The second-order valence-corrected chi connectivity index (χ2v) is 8.40. The lowest BCUT2D eigenvalue weighted by Crippen LogP contribution is -2.47. The van der Waals surface area contributed by atoms with Crippen LogP contribution in [-0.4, -0.2) is 62.6 Å². The minimum atomic E-state index is -3.35. The quantitative estimate of drug-likeness (QED) is 0.778. The summed E-state index contributed by atoms with van der Waals surface area (Å²) in [4.78, 5) is 14.1. The standard InChI is InChI=1S/C17H26N2O4S/c1-13-10-14(2)12-15(11-13)23-9-8-18(3)17(20)16-6-5-7-19(16)24(4,21)22/h10-12,16H,5-9H2,1-4H3. The number of likely N-dealkylation sites (N-methyl/N-ethyl adjacent to an activating group) is 1. The fourth-order valence-electron chi connectivity index (χ4n) is 3.07. The molecule has 1 aromatic rings. The van der Waals surface area contributed by atoms with Crippen molar-refractivity contribution in [2.75, 3.05) is 33.0 Å². The van der Waals surface area contributed by atoms with Crippen LogP contribution in [0.1, 0.15) is 24.0 Å². The normalized spacial score (nSPS) is 18.6. The summed E-state index contributed by atoms with van der Waals surface area (Å²) >= 11 is 0. The van der Waals surface area contributed by atoms with Crippen LogP contribution in [0.2, 0.25) is 0 Å². The van der Waals surface area contributed by atoms with Gasteiger partial charge in [-0.15, -0.1) is 0 Å². The van der Waals surface area contributed by atoms with Gasteiger partial charge in [0.25, 0.3) is 0 Å². The van der Waals surface area contributed by atoms with E-state index >= 15 is 0 Å². The third-order valence-electron chi connectivity index (χ3n) is 4.18. The predicted molar refractivity (Wildman–Crippen MR) is 93.6 cm³/mol. The summed E-state index contributed by atoms with van der Waals surface area (Å²) in [6, 6.07) is 5.41. The van der Waals surface area contributed by atoms with Crippen molar-refractivity contribution in [2.45, 2.75) is 32.7 Å². The first-order valence-corrected chi connectivity index (χ1v) is 9.96. The van der Waals surface area contributed by atoms with Crippen molar-refractivity contribution >= 4 is 15.9 Å². The monoisotopic (exact) mass is 354 g/mol. The van der Waals surface area contributed by atoms with Crippen LogP contribution >= 0.6 is 0 Å². The average molecular weight is 354 g/mol. The Labute approximate surface area is 144 Å². The molecule has 1 aliphatic rings. The summed E-state index contributed by atoms with van der Waals surface area (Å²) < 4.78 is 30.6. The summed E-state index contributed by atoms with van der Waals surface area (Å²) in [5, 5.41) is 0. The van der Waals surface area contributed by atoms with Gasteiger partial charge in [-0.25, -0.2) is 8.42 Å². The van der Waals surface area contributed by atoms with Crippen molar-refractivity contribution < 1.29 is 17.9 Å². The lowest BCUT2D eigenvalue weighted by atomic mass is 10.1. The molecule has 1 heterocycles. The van der Waals surface area contributed by atoms with E-state index in [1.165, 1.54) is 4.31 Å². The lowest BCUT2D eigenvalue weighted by Gasteiger charge is -2.26. The van der Waals surface area contributed by atoms with Crippen molar-refractivity contribution in [3.63, 3.8) is 0 Å². The van der Waals surface area contributed by atoms with E-state index in [1.807, 2.05) is 26.0 Å². The number of benzene rings is 1. The lowest BCUT2D eigenvalue weighted by molar-refractivity contribution is -0.133. The molecular weight excluding hydrogens is 328 g/mol. The second-order valence-electron chi connectivity index (χ2n) is 6.46. The highest BCUT2D eigenvalue weighted by molar-refractivity contribution is 7.88. The van der Waals surface area contributed by atoms with Gasteiger partial charge in [0.05, 0.1) is 12.8 Å². The molecule has 1 aliphatic heterocycles. The van der Waals surface area contributed by atoms with Gasteiger partial charge >= 0.3 is 0 Å². The second kappa shape index (κ2) is 7.53. The van der Waals surface area contributed by atoms with E-state index in [0.717, 1.165) is 29.6 Å². The van der Waals surface area contributed by atoms with Gasteiger partial charge < -0.3 is 9.64 Å². The average Bonchev–Trinajstić information content (AvgIpc) is 2.94. The van der Waals surface area contributed by atoms with Gasteiger partial charge in [-0.2, -0.15) is 4.31 Å². The Kier molecular flexibility index (Phi) is 5.87. The summed E-state index contributed by atoms with van der Waals surface area (Å²) in [5.41, 5.74) is 2.26. The highest BCUT2D eigenvalue weighted by Gasteiger charge is 2.37. The number of nitrogens with zero attached hydrogens (tertiary/aromatic N) is 2. The molecule has 1 amide bonds. The van der Waals surface area contributed by atoms with Crippen molar-refractivity contribution in [1.82, 2.24) is 9.21 Å². The van der Waals surface area contributed by atoms with Crippen molar-refractivity contribution in [3.05, 3.63) is 29.3 Å². The number of hydrogen-bond donors (Lipinski definition) is 0. The number of rotatable bonds is 6. The SMILES string of the molecule is Cc1cc(C)cc(OCCN(C)C(=O)C2CCCN2S(C)(=O)=O)c1. The molecule has 1 fully saturated rings. The number of ether oxygens (including phenoxy) is 1. The Balaban J connectivity index is 1.90. The number of sulfonamides is 1. The maximum Gasteiger partial charge on any atom is 0.240 e. The first kappa shape index (κ1) is 18.7. The van der Waals surface area contributed by atoms with Crippen LogP contribution in [-0.2, 0) is 14.8 Å². The summed E-state index contributed by atoms with van der Waals surface area (Å²) in [5.74, 6) is 0.619. The van der Waals surface area contributed by atoms with Gasteiger partial charge in [-0.05, 0) is 49.9 Å². The molecule has 0 spiro atoms. The molecule has 7 heteroatoms. The smallest absolute Gasteiger partial charge is 0.240 e. The van der Waals surface area contributed by atoms with Gasteiger partial charge in [-0.3, -0.25) is 4.79 Å². The minimum Gasteiger partial charge on any atom is -0.492 e. The van der Waals surface area contributed by atoms with Crippen molar-refractivity contribution in [2.24, 2.45) is 0 Å². The first-order valence-electron chi connectivity index (χ1n) is 8.11. The molecule has 0 saturated carbocycles. The van der Waals surface area contributed by atoms with Gasteiger partial charge in [0.1, 0.15) is 18.4 Å². The van der Waals surface area contributed by atoms with E-state index in [-0.39, 0.29) is 5.91 Å². The van der Waals surface area contributed by atoms with Crippen LogP contribution in [0.25, 0.3) is 0 Å². The number of hydrogen-bond acceptors (Lipinski definition) is 4. The van der Waals surface area contributed by atoms with Crippen molar-refractivity contribution in [3.8, 4) is 5.75 Å². The zero-order valence-corrected chi connectivity index (χ0v) is 15.6. The van der Waals surface area contributed by atoms with Gasteiger partial charge in [-0.1, -0.05) is 6.07 Å². The van der Waals surface area contributed by atoms with Gasteiger partial charge in [0, 0.05) is 13.6 Å². The Hall–Kier alpha value is -1.60. The van der Waals surface area contributed by atoms with Gasteiger partial charge in [0.15, 0.2) is 0 Å². The number of aryl methyl sites for hydroxylation is 2. The molecule has 1 atom stereocenters. The summed E-state index contributed by atoms with van der Waals surface area (Å²) in [6.07, 6.45) is 2.45. The molecule has 6 nitrogen and oxygen atoms in total. The molecule has 0 radical (unpaired) electrons. The molecule has 134 valence electrons. The third kappa shape index (κ3) is 4.70. The molecule has 1 saturated heterocycles. The minimum absolute atomic E-state index is 0.165. The Morgan fingerprint density at radius 2 is 1.92 bits per heavy atom. The van der Waals surface area contributed by atoms with Crippen LogP contribution < -0.4 is 4.74 Å². The van der Waals surface area contributed by atoms with Crippen LogP contribution in [0, 0.1) is 13.8 Å². The predicted octanol–water partition coefficient (Wildman–Crippen LogP) is 1.56. The maximum atomic E-state index is 12.5. The Morgan fingerprint density at radius 1 is 1.29 bits per heavy atom. The highest BCUT2D eigenvalue weighted by Crippen LogP contribution is 2.22. The number of carbonyl (C=O) groups excluding carboxylic acids is 1. The zero-order chi connectivity index (χ0) is 17.9. The van der Waals surface area contributed by atoms with E-state index in [9.17, 15) is 13.2 Å². The van der Waals surface area contributed by atoms with Crippen LogP contribution in [0.3, 0.4) is 0 Å². The number of carbonyl (C=O) groups is 1. The molecule has 1 aromatic carbocycles. The molecule has 0 aliphatic carbocycles. The van der Waals surface area contributed by atoms with Crippen LogP contribution in [0.15, 0.2) is 18.2 Å². The molecule has 0 N–H and O–H groups in total. The highest BCUT2D eigenvalue weighted by atomic mass is 32.2. The molecular formula is C17H26N2O4S. The van der Waals surface area contributed by atoms with E-state index in [0.29, 0.717) is 26.1 Å². The summed E-state index contributed by atoms with van der Waals surface area (Å²) in [6.45, 7) is 5.23. The Morgan fingerprint density at radius 3 is 2.50 bits per heavy atom. The topological polar surface area (TPSA) is 66.9 Å². The van der Waals surface area contributed by atoms with Gasteiger partial charge in [0.2, 0.25) is 15.9 Å². The van der Waals surface area contributed by atoms with E-state index in [1.54, 1.807) is 11.9 Å². The molecule has 0 aromatic heterocycles. The largest absolute Gasteiger partial charge is 0.492 e. The first-order chi connectivity index (χ1) is 11.2. The van der Waals surface area contributed by atoms with Crippen LogP contribution in [0.4, 0.5) is 0 Å². The number of amides is 1. The zero-order valence-electron chi connectivity index (χ0n) is 14.8. The third-order valence-corrected chi connectivity index (χ3v) is 5.47. The fraction of sp³-hybridized carbons (Fsp3) is 0.588. The molecule has 2 rings (SSSR count). The maximum absolute atomic E-state index is 12.5. The van der Waals surface area contributed by atoms with Crippen molar-refractivity contribution in [1.29, 1.82) is 0 Å². The van der Waals surface area contributed by atoms with E-state index in [2.05, 4.69) is 6.07 Å². The van der Waals surface area contributed by atoms with E-state index < -0.39 is 16.1 Å². The fourth-order valence-corrected chi connectivity index (χ4v) is 4.18. The summed E-state index contributed by atoms with van der Waals surface area (Å²) in [7, 11) is -1.66. The molecule has 1 unspecified atom stereocenters. The molecule has 24 heavy (non-hydrogen) atoms. The Bertz CT molecular complexity index is 682. The molecule has 0 bridgehead atoms. The van der Waals surface area contributed by atoms with Crippen LogP contribution in [0.5, 0.6) is 5.75 Å².